The van der Waals surface area contributed by atoms with Crippen LogP contribution in [0.15, 0.2) is 34.9 Å². The van der Waals surface area contributed by atoms with E-state index in [1.54, 1.807) is 35.5 Å². The van der Waals surface area contributed by atoms with Crippen LogP contribution in [0.3, 0.4) is 0 Å². The van der Waals surface area contributed by atoms with Crippen LogP contribution in [0.1, 0.15) is 10.6 Å². The predicted octanol–water partition coefficient (Wildman–Crippen LogP) is 3.51. The average Bonchev–Trinajstić information content (AvgIpc) is 3.31. The number of ether oxygens (including phenoxy) is 1. The topological polar surface area (TPSA) is 58.8 Å². The molecule has 0 unspecified atom stereocenters. The van der Waals surface area contributed by atoms with Gasteiger partial charge in [0.2, 0.25) is 0 Å². The number of halogens is 1. The van der Waals surface area contributed by atoms with Crippen molar-refractivity contribution in [1.82, 2.24) is 9.88 Å². The fraction of sp³-hybridized carbons (Fsp3) is 0.294. The Morgan fingerprint density at radius 3 is 2.76 bits per heavy atom. The van der Waals surface area contributed by atoms with Crippen LogP contribution >= 0.6 is 22.9 Å². The summed E-state index contributed by atoms with van der Waals surface area (Å²) in [6, 6.07) is 7.20. The lowest BCUT2D eigenvalue weighted by atomic mass is 10.3. The second kappa shape index (κ2) is 6.57. The molecule has 0 N–H and O–H groups in total. The van der Waals surface area contributed by atoms with Crippen molar-refractivity contribution in [1.29, 1.82) is 0 Å². The Labute approximate surface area is 153 Å². The lowest BCUT2D eigenvalue weighted by Crippen LogP contribution is -2.48. The molecule has 0 saturated carbocycles. The number of hydrogen-bond donors (Lipinski definition) is 0. The maximum atomic E-state index is 12.3. The molecule has 3 aromatic rings. The lowest BCUT2D eigenvalue weighted by Gasteiger charge is -2.34. The highest BCUT2D eigenvalue weighted by atomic mass is 35.5. The summed E-state index contributed by atoms with van der Waals surface area (Å²) in [5.74, 6) is 0.920. The van der Waals surface area contributed by atoms with Crippen molar-refractivity contribution in [2.45, 2.75) is 0 Å². The Bertz CT molecular complexity index is 901. The third kappa shape index (κ3) is 2.94. The molecule has 1 saturated heterocycles. The van der Waals surface area contributed by atoms with Gasteiger partial charge in [-0.3, -0.25) is 4.79 Å². The van der Waals surface area contributed by atoms with E-state index >= 15 is 0 Å². The minimum absolute atomic E-state index is 0.0672. The Balaban J connectivity index is 1.51. The summed E-state index contributed by atoms with van der Waals surface area (Å²) >= 11 is 7.78. The zero-order chi connectivity index (χ0) is 17.4. The molecule has 1 aromatic carbocycles. The third-order valence-corrected chi connectivity index (χ3v) is 5.61. The first-order chi connectivity index (χ1) is 12.2. The van der Waals surface area contributed by atoms with Gasteiger partial charge in [0.05, 0.1) is 23.1 Å². The van der Waals surface area contributed by atoms with E-state index in [1.165, 1.54) is 6.26 Å². The average molecular weight is 378 g/mol. The van der Waals surface area contributed by atoms with Gasteiger partial charge in [-0.1, -0.05) is 22.9 Å². The van der Waals surface area contributed by atoms with E-state index in [9.17, 15) is 4.79 Å². The molecule has 2 aromatic heterocycles. The van der Waals surface area contributed by atoms with Crippen LogP contribution in [0.4, 0.5) is 5.13 Å². The predicted molar refractivity (Wildman–Crippen MR) is 98.0 cm³/mol. The van der Waals surface area contributed by atoms with Crippen LogP contribution in [-0.2, 0) is 0 Å². The number of thiazole rings is 1. The molecule has 3 heterocycles. The van der Waals surface area contributed by atoms with E-state index in [-0.39, 0.29) is 5.91 Å². The molecule has 0 radical (unpaired) electrons. The van der Waals surface area contributed by atoms with Gasteiger partial charge in [0.25, 0.3) is 5.91 Å². The molecule has 1 aliphatic heterocycles. The highest BCUT2D eigenvalue weighted by Crippen LogP contribution is 2.38. The van der Waals surface area contributed by atoms with Crippen molar-refractivity contribution < 1.29 is 13.9 Å². The number of hydrogen-bond acceptors (Lipinski definition) is 6. The SMILES string of the molecule is COc1c(Cl)ccc2sc(N3CCN(C(=O)c4ccco4)CC3)nc12. The van der Waals surface area contributed by atoms with Gasteiger partial charge in [0.1, 0.15) is 5.52 Å². The van der Waals surface area contributed by atoms with Gasteiger partial charge in [-0.05, 0) is 24.3 Å². The molecule has 0 atom stereocenters. The minimum atomic E-state index is -0.0672. The fourth-order valence-electron chi connectivity index (χ4n) is 2.92. The molecule has 0 aliphatic carbocycles. The van der Waals surface area contributed by atoms with E-state index in [4.69, 9.17) is 25.7 Å². The van der Waals surface area contributed by atoms with E-state index in [0.29, 0.717) is 29.6 Å². The first-order valence-electron chi connectivity index (χ1n) is 7.88. The van der Waals surface area contributed by atoms with E-state index < -0.39 is 0 Å². The van der Waals surface area contributed by atoms with Gasteiger partial charge >= 0.3 is 0 Å². The number of amides is 1. The summed E-state index contributed by atoms with van der Waals surface area (Å²) in [7, 11) is 1.60. The van der Waals surface area contributed by atoms with Crippen molar-refractivity contribution in [2.24, 2.45) is 0 Å². The zero-order valence-electron chi connectivity index (χ0n) is 13.6. The van der Waals surface area contributed by atoms with Crippen LogP contribution in [-0.4, -0.2) is 49.1 Å². The van der Waals surface area contributed by atoms with Crippen molar-refractivity contribution >= 4 is 44.2 Å². The molecule has 1 fully saturated rings. The number of benzene rings is 1. The maximum Gasteiger partial charge on any atom is 0.289 e. The molecule has 1 aliphatic rings. The van der Waals surface area contributed by atoms with Gasteiger partial charge in [-0.15, -0.1) is 0 Å². The largest absolute Gasteiger partial charge is 0.493 e. The second-order valence-electron chi connectivity index (χ2n) is 5.68. The number of carbonyl (C=O) groups excluding carboxylic acids is 1. The number of rotatable bonds is 3. The van der Waals surface area contributed by atoms with Crippen molar-refractivity contribution in [3.05, 3.63) is 41.3 Å². The molecule has 0 spiro atoms. The van der Waals surface area contributed by atoms with Gasteiger partial charge in [-0.2, -0.15) is 0 Å². The number of piperazine rings is 1. The van der Waals surface area contributed by atoms with Crippen LogP contribution in [0, 0.1) is 0 Å². The quantitative estimate of drug-likeness (QED) is 0.699. The molecule has 8 heteroatoms. The van der Waals surface area contributed by atoms with Crippen LogP contribution in [0.5, 0.6) is 5.75 Å². The molecule has 0 bridgehead atoms. The first kappa shape index (κ1) is 16.2. The number of anilines is 1. The third-order valence-electron chi connectivity index (χ3n) is 4.23. The number of nitrogens with zero attached hydrogens (tertiary/aromatic N) is 3. The lowest BCUT2D eigenvalue weighted by molar-refractivity contribution is 0.0714. The standard InChI is InChI=1S/C17H16ClN3O3S/c1-23-15-11(18)4-5-13-14(15)19-17(25-13)21-8-6-20(7-9-21)16(22)12-3-2-10-24-12/h2-5,10H,6-9H2,1H3. The molecule has 4 rings (SSSR count). The number of fused-ring (bicyclic) bond motifs is 1. The van der Waals surface area contributed by atoms with Crippen LogP contribution < -0.4 is 9.64 Å². The molecule has 6 nitrogen and oxygen atoms in total. The number of carbonyl (C=O) groups is 1. The van der Waals surface area contributed by atoms with Crippen LogP contribution in [0.25, 0.3) is 10.2 Å². The molecular weight excluding hydrogens is 362 g/mol. The Morgan fingerprint density at radius 1 is 1.28 bits per heavy atom. The van der Waals surface area contributed by atoms with Crippen molar-refractivity contribution in [3.8, 4) is 5.75 Å². The normalized spacial score (nSPS) is 15.0. The summed E-state index contributed by atoms with van der Waals surface area (Å²) < 4.78 is 11.6. The van der Waals surface area contributed by atoms with Gasteiger partial charge in [0, 0.05) is 26.2 Å². The number of aromatic nitrogens is 1. The summed E-state index contributed by atoms with van der Waals surface area (Å²) in [6.07, 6.45) is 1.52. The second-order valence-corrected chi connectivity index (χ2v) is 7.10. The number of methoxy groups -OCH3 is 1. The summed E-state index contributed by atoms with van der Waals surface area (Å²) in [5.41, 5.74) is 0.782. The summed E-state index contributed by atoms with van der Waals surface area (Å²) in [4.78, 5) is 21.0. The maximum absolute atomic E-state index is 12.3. The van der Waals surface area contributed by atoms with Crippen molar-refractivity contribution in [3.63, 3.8) is 0 Å². The molecule has 130 valence electrons. The Kier molecular flexibility index (Phi) is 4.27. The van der Waals surface area contributed by atoms with E-state index in [2.05, 4.69) is 4.90 Å². The highest BCUT2D eigenvalue weighted by Gasteiger charge is 2.25. The molecule has 25 heavy (non-hydrogen) atoms. The number of furan rings is 1. The molecule has 1 amide bonds. The monoisotopic (exact) mass is 377 g/mol. The van der Waals surface area contributed by atoms with Crippen LogP contribution in [0.2, 0.25) is 5.02 Å². The Hall–Kier alpha value is -2.25. The van der Waals surface area contributed by atoms with Gasteiger partial charge < -0.3 is 19.0 Å². The van der Waals surface area contributed by atoms with Crippen molar-refractivity contribution in [2.75, 3.05) is 38.2 Å². The van der Waals surface area contributed by atoms with E-state index in [1.807, 2.05) is 12.1 Å². The Morgan fingerprint density at radius 2 is 2.08 bits per heavy atom. The van der Waals surface area contributed by atoms with Gasteiger partial charge in [-0.25, -0.2) is 4.98 Å². The summed E-state index contributed by atoms with van der Waals surface area (Å²) in [6.45, 7) is 2.71. The molecular formula is C17H16ClN3O3S. The highest BCUT2D eigenvalue weighted by molar-refractivity contribution is 7.22. The minimum Gasteiger partial charge on any atom is -0.493 e. The smallest absolute Gasteiger partial charge is 0.289 e. The van der Waals surface area contributed by atoms with Gasteiger partial charge in [0.15, 0.2) is 16.6 Å². The zero-order valence-corrected chi connectivity index (χ0v) is 15.1. The summed E-state index contributed by atoms with van der Waals surface area (Å²) in [5, 5.41) is 1.47. The van der Waals surface area contributed by atoms with E-state index in [0.717, 1.165) is 28.4 Å². The fourth-order valence-corrected chi connectivity index (χ4v) is 4.17. The first-order valence-corrected chi connectivity index (χ1v) is 9.07.